The molecule has 3 nitrogen and oxygen atoms in total. The molecule has 21 heavy (non-hydrogen) atoms. The van der Waals surface area contributed by atoms with E-state index < -0.39 is 0 Å². The highest BCUT2D eigenvalue weighted by Crippen LogP contribution is 2.26. The zero-order valence-electron chi connectivity index (χ0n) is 12.3. The van der Waals surface area contributed by atoms with E-state index in [1.807, 2.05) is 18.3 Å². The highest BCUT2D eigenvalue weighted by Gasteiger charge is 2.11. The molecule has 2 heterocycles. The fourth-order valence-electron chi connectivity index (χ4n) is 2.36. The van der Waals surface area contributed by atoms with Gasteiger partial charge in [-0.1, -0.05) is 25.1 Å². The van der Waals surface area contributed by atoms with Gasteiger partial charge in [0.05, 0.1) is 22.0 Å². The Labute approximate surface area is 129 Å². The lowest BCUT2D eigenvalue weighted by Gasteiger charge is -2.12. The van der Waals surface area contributed by atoms with Crippen molar-refractivity contribution in [1.29, 1.82) is 0 Å². The second-order valence-corrected chi connectivity index (χ2v) is 6.15. The number of fused-ring (bicyclic) bond motifs is 1. The van der Waals surface area contributed by atoms with Crippen LogP contribution in [0.3, 0.4) is 0 Å². The first-order chi connectivity index (χ1) is 10.3. The molecule has 0 spiro atoms. The monoisotopic (exact) mass is 297 g/mol. The third kappa shape index (κ3) is 3.12. The Morgan fingerprint density at radius 2 is 2.05 bits per heavy atom. The number of hydrogen-bond acceptors (Lipinski definition) is 4. The van der Waals surface area contributed by atoms with Crippen molar-refractivity contribution in [3.63, 3.8) is 0 Å². The minimum absolute atomic E-state index is 0.231. The standard InChI is InChI=1S/C17H19N3S/c1-3-13-7-6-10-18-15(13)11-19-12(2)17-20-14-8-4-5-9-16(14)21-17/h4-10,12,19H,3,11H2,1-2H3. The average molecular weight is 297 g/mol. The first-order valence-corrected chi connectivity index (χ1v) is 8.11. The summed E-state index contributed by atoms with van der Waals surface area (Å²) >= 11 is 1.76. The molecule has 0 aliphatic rings. The van der Waals surface area contributed by atoms with Gasteiger partial charge in [-0.15, -0.1) is 11.3 Å². The minimum atomic E-state index is 0.231. The number of hydrogen-bond donors (Lipinski definition) is 1. The maximum absolute atomic E-state index is 4.70. The topological polar surface area (TPSA) is 37.8 Å². The van der Waals surface area contributed by atoms with Gasteiger partial charge in [0, 0.05) is 12.7 Å². The summed E-state index contributed by atoms with van der Waals surface area (Å²) in [6.07, 6.45) is 2.87. The highest BCUT2D eigenvalue weighted by atomic mass is 32.1. The number of benzene rings is 1. The van der Waals surface area contributed by atoms with Crippen LogP contribution in [0.15, 0.2) is 42.6 Å². The lowest BCUT2D eigenvalue weighted by molar-refractivity contribution is 0.563. The molecule has 0 aliphatic heterocycles. The van der Waals surface area contributed by atoms with Gasteiger partial charge in [0.1, 0.15) is 5.01 Å². The number of aryl methyl sites for hydroxylation is 1. The van der Waals surface area contributed by atoms with E-state index in [-0.39, 0.29) is 6.04 Å². The van der Waals surface area contributed by atoms with Crippen molar-refractivity contribution in [2.45, 2.75) is 32.9 Å². The van der Waals surface area contributed by atoms with E-state index in [9.17, 15) is 0 Å². The Bertz CT molecular complexity index is 702. The summed E-state index contributed by atoms with van der Waals surface area (Å²) < 4.78 is 1.24. The van der Waals surface area contributed by atoms with Crippen molar-refractivity contribution in [2.24, 2.45) is 0 Å². The Morgan fingerprint density at radius 1 is 1.19 bits per heavy atom. The van der Waals surface area contributed by atoms with Crippen LogP contribution in [0.4, 0.5) is 0 Å². The molecule has 1 N–H and O–H groups in total. The molecule has 0 bridgehead atoms. The molecular weight excluding hydrogens is 278 g/mol. The zero-order valence-corrected chi connectivity index (χ0v) is 13.2. The first kappa shape index (κ1) is 14.2. The summed E-state index contributed by atoms with van der Waals surface area (Å²) in [5.74, 6) is 0. The van der Waals surface area contributed by atoms with Crippen molar-refractivity contribution < 1.29 is 0 Å². The van der Waals surface area contributed by atoms with E-state index in [4.69, 9.17) is 4.98 Å². The molecule has 0 saturated heterocycles. The molecular formula is C17H19N3S. The van der Waals surface area contributed by atoms with Gasteiger partial charge < -0.3 is 5.32 Å². The van der Waals surface area contributed by atoms with Crippen molar-refractivity contribution in [1.82, 2.24) is 15.3 Å². The second kappa shape index (κ2) is 6.33. The Kier molecular flexibility index (Phi) is 4.27. The van der Waals surface area contributed by atoms with Crippen LogP contribution in [0.1, 0.15) is 36.2 Å². The van der Waals surface area contributed by atoms with Crippen molar-refractivity contribution in [2.75, 3.05) is 0 Å². The van der Waals surface area contributed by atoms with Crippen LogP contribution in [-0.4, -0.2) is 9.97 Å². The summed E-state index contributed by atoms with van der Waals surface area (Å²) in [7, 11) is 0. The lowest BCUT2D eigenvalue weighted by atomic mass is 10.1. The van der Waals surface area contributed by atoms with Crippen molar-refractivity contribution in [3.05, 3.63) is 58.9 Å². The number of pyridine rings is 1. The van der Waals surface area contributed by atoms with Gasteiger partial charge in [-0.05, 0) is 37.1 Å². The van der Waals surface area contributed by atoms with Gasteiger partial charge in [-0.2, -0.15) is 0 Å². The van der Waals surface area contributed by atoms with Crippen LogP contribution in [0.2, 0.25) is 0 Å². The fraction of sp³-hybridized carbons (Fsp3) is 0.294. The molecule has 4 heteroatoms. The summed E-state index contributed by atoms with van der Waals surface area (Å²) in [6.45, 7) is 5.10. The van der Waals surface area contributed by atoms with Crippen LogP contribution < -0.4 is 5.32 Å². The summed E-state index contributed by atoms with van der Waals surface area (Å²) in [6, 6.07) is 12.7. The molecule has 3 rings (SSSR count). The largest absolute Gasteiger partial charge is 0.302 e. The highest BCUT2D eigenvalue weighted by molar-refractivity contribution is 7.18. The summed E-state index contributed by atoms with van der Waals surface area (Å²) in [5, 5.41) is 4.67. The van der Waals surface area contributed by atoms with Gasteiger partial charge in [-0.25, -0.2) is 4.98 Å². The van der Waals surface area contributed by atoms with E-state index >= 15 is 0 Å². The number of thiazole rings is 1. The summed E-state index contributed by atoms with van der Waals surface area (Å²) in [4.78, 5) is 9.18. The predicted octanol–water partition coefficient (Wildman–Crippen LogP) is 4.10. The molecule has 0 amide bonds. The van der Waals surface area contributed by atoms with Crippen molar-refractivity contribution >= 4 is 21.6 Å². The Hall–Kier alpha value is -1.78. The summed E-state index contributed by atoms with van der Waals surface area (Å²) in [5.41, 5.74) is 3.52. The van der Waals surface area contributed by atoms with Crippen molar-refractivity contribution in [3.8, 4) is 0 Å². The third-order valence-electron chi connectivity index (χ3n) is 3.62. The molecule has 108 valence electrons. The number of aromatic nitrogens is 2. The first-order valence-electron chi connectivity index (χ1n) is 7.29. The van der Waals surface area contributed by atoms with Crippen LogP contribution in [0, 0.1) is 0 Å². The van der Waals surface area contributed by atoms with Gasteiger partial charge in [0.2, 0.25) is 0 Å². The predicted molar refractivity (Wildman–Crippen MR) is 88.5 cm³/mol. The molecule has 1 aromatic carbocycles. The quantitative estimate of drug-likeness (QED) is 0.770. The smallest absolute Gasteiger partial charge is 0.111 e. The Balaban J connectivity index is 1.72. The zero-order chi connectivity index (χ0) is 14.7. The molecule has 2 aromatic heterocycles. The van der Waals surface area contributed by atoms with Crippen LogP contribution in [0.5, 0.6) is 0 Å². The van der Waals surface area contributed by atoms with E-state index in [0.29, 0.717) is 0 Å². The number of nitrogens with zero attached hydrogens (tertiary/aromatic N) is 2. The minimum Gasteiger partial charge on any atom is -0.302 e. The van der Waals surface area contributed by atoms with E-state index in [0.717, 1.165) is 29.2 Å². The molecule has 1 unspecified atom stereocenters. The third-order valence-corrected chi connectivity index (χ3v) is 4.84. The van der Waals surface area contributed by atoms with Crippen LogP contribution >= 0.6 is 11.3 Å². The molecule has 0 saturated carbocycles. The lowest BCUT2D eigenvalue weighted by Crippen LogP contribution is -2.19. The average Bonchev–Trinajstić information content (AvgIpc) is 2.97. The molecule has 0 fully saturated rings. The number of rotatable bonds is 5. The number of nitrogens with one attached hydrogen (secondary N) is 1. The van der Waals surface area contributed by atoms with Crippen LogP contribution in [0.25, 0.3) is 10.2 Å². The van der Waals surface area contributed by atoms with Crippen LogP contribution in [-0.2, 0) is 13.0 Å². The number of para-hydroxylation sites is 1. The Morgan fingerprint density at radius 3 is 2.86 bits per heavy atom. The molecule has 3 aromatic rings. The van der Waals surface area contributed by atoms with Gasteiger partial charge in [0.25, 0.3) is 0 Å². The van der Waals surface area contributed by atoms with Gasteiger partial charge in [-0.3, -0.25) is 4.98 Å². The SMILES string of the molecule is CCc1cccnc1CNC(C)c1nc2ccccc2s1. The van der Waals surface area contributed by atoms with E-state index in [1.165, 1.54) is 10.3 Å². The maximum Gasteiger partial charge on any atom is 0.111 e. The molecule has 0 radical (unpaired) electrons. The molecule has 0 aliphatic carbocycles. The van der Waals surface area contributed by atoms with E-state index in [2.05, 4.69) is 48.4 Å². The fourth-order valence-corrected chi connectivity index (χ4v) is 3.36. The van der Waals surface area contributed by atoms with Gasteiger partial charge >= 0.3 is 0 Å². The second-order valence-electron chi connectivity index (χ2n) is 5.09. The normalized spacial score (nSPS) is 12.7. The maximum atomic E-state index is 4.70. The molecule has 1 atom stereocenters. The van der Waals surface area contributed by atoms with E-state index in [1.54, 1.807) is 11.3 Å². The van der Waals surface area contributed by atoms with Gasteiger partial charge in [0.15, 0.2) is 0 Å².